The third kappa shape index (κ3) is 26.6. The van der Waals surface area contributed by atoms with E-state index >= 15 is 0 Å². The first-order valence-electron chi connectivity index (χ1n) is 40.9. The first kappa shape index (κ1) is 83.9. The molecule has 8 rings (SSSR count). The Kier molecular flexibility index (Phi) is 33.4. The molecule has 7 fully saturated rings. The summed E-state index contributed by atoms with van der Waals surface area (Å²) >= 11 is 0. The number of methoxy groups -OCH3 is 1. The predicted molar refractivity (Wildman–Crippen MR) is 395 cm³/mol. The number of hydrogen-bond donors (Lipinski definition) is 3. The van der Waals surface area contributed by atoms with Crippen LogP contribution in [0.1, 0.15) is 299 Å². The Hall–Kier alpha value is -4.72. The minimum absolute atomic E-state index is 0.0411. The van der Waals surface area contributed by atoms with Gasteiger partial charge in [0.1, 0.15) is 24.9 Å². The highest BCUT2D eigenvalue weighted by atomic mass is 16.7. The molecule has 3 saturated heterocycles. The summed E-state index contributed by atoms with van der Waals surface area (Å²) in [5.74, 6) is -0.516. The fraction of sp³-hybridized carbons (Fsp3) is 0.812. The predicted octanol–water partition coefficient (Wildman–Crippen LogP) is 16.8. The Morgan fingerprint density at radius 1 is 0.631 bits per heavy atom. The first-order chi connectivity index (χ1) is 49.4. The third-order valence-electron chi connectivity index (χ3n) is 24.4. The molecule has 6 bridgehead atoms. The summed E-state index contributed by atoms with van der Waals surface area (Å²) in [6, 6.07) is 0. The molecule has 582 valence electrons. The quantitative estimate of drug-likeness (QED) is 0.00981. The maximum atomic E-state index is 14.5. The Balaban J connectivity index is 0.978. The van der Waals surface area contributed by atoms with Crippen molar-refractivity contribution < 1.29 is 86.7 Å². The zero-order valence-electron chi connectivity index (χ0n) is 64.6. The highest BCUT2D eigenvalue weighted by Crippen LogP contribution is 2.57. The average molecular weight is 1440 g/mol. The molecule has 4 saturated carbocycles. The molecule has 0 aromatic heterocycles. The number of rotatable bonds is 40. The van der Waals surface area contributed by atoms with Crippen LogP contribution in [0.5, 0.6) is 0 Å². The van der Waals surface area contributed by atoms with Crippen molar-refractivity contribution in [3.05, 3.63) is 59.8 Å². The molecule has 3 N–H and O–H groups in total. The van der Waals surface area contributed by atoms with Gasteiger partial charge in [0, 0.05) is 56.1 Å². The van der Waals surface area contributed by atoms with E-state index in [-0.39, 0.29) is 63.5 Å². The number of carbonyl (C=O) groups excluding carboxylic acids is 6. The van der Waals surface area contributed by atoms with E-state index in [0.29, 0.717) is 25.7 Å². The lowest BCUT2D eigenvalue weighted by Gasteiger charge is -2.54. The number of unbranched alkanes of at least 4 members (excludes halogenated alkanes) is 13. The molecule has 0 amide bonds. The van der Waals surface area contributed by atoms with Crippen LogP contribution in [0.25, 0.3) is 0 Å². The smallest absolute Gasteiger partial charge is 0.331 e. The molecule has 103 heavy (non-hydrogen) atoms. The normalized spacial score (nSPS) is 34.6. The van der Waals surface area contributed by atoms with Gasteiger partial charge in [-0.3, -0.25) is 19.2 Å². The van der Waals surface area contributed by atoms with Crippen molar-refractivity contribution in [2.24, 2.45) is 58.2 Å². The number of cyclic esters (lactones) is 1. The lowest BCUT2D eigenvalue weighted by Crippen LogP contribution is -2.62. The molecular formula is C85H134O18. The number of fused-ring (bicyclic) bond motifs is 6. The topological polar surface area (TPSA) is 246 Å². The molecule has 18 nitrogen and oxygen atoms in total. The standard InChI is InChI=1S/C85H134O18/c1-10-13-16-19-28-37-78(90)101-81-68(51-79(91)95-9)50-71-54-74(58(4)97-76(88)35-29-22-17-20-26-33-62-46-66(62)48-64-44-60(64)31-24-14-11-2)99-80(92)53-69(87)52-72-55-75(100-77(89)36-30-23-18-21-27-34-63-47-67(63)49-65-45-61(65)32-25-15-12-3)83(7,8)84(93,102-72)56-73-43-59(39-41-96-57-86)42-70(98-73)38-40-82(5,6)85(81,94)103-71/h16,19,28,37-40,51,57-58,60-67,69-75,81,87,93-94H,10-15,17-18,20-27,29-36,41-50,52-56H2,1-9H3/b19-16+,37-28+,40-38+,59-39+,68-51+/t58?,60?,61?,62?,63?,64?,65?,66?,67?,69-,70+,71+,72-,73+,74-,75+,81+,84+,85-/m1/s1. The van der Waals surface area contributed by atoms with Gasteiger partial charge in [-0.2, -0.15) is 0 Å². The van der Waals surface area contributed by atoms with E-state index in [0.717, 1.165) is 110 Å². The summed E-state index contributed by atoms with van der Waals surface area (Å²) in [6.45, 7) is 15.4. The van der Waals surface area contributed by atoms with Gasteiger partial charge in [0.15, 0.2) is 11.9 Å². The summed E-state index contributed by atoms with van der Waals surface area (Å²) < 4.78 is 55.6. The molecule has 4 heterocycles. The van der Waals surface area contributed by atoms with Crippen LogP contribution in [0.4, 0.5) is 0 Å². The van der Waals surface area contributed by atoms with Crippen LogP contribution >= 0.6 is 0 Å². The Morgan fingerprint density at radius 3 is 1.80 bits per heavy atom. The van der Waals surface area contributed by atoms with Crippen molar-refractivity contribution in [3.8, 4) is 0 Å². The van der Waals surface area contributed by atoms with Crippen LogP contribution in [0, 0.1) is 58.2 Å². The summed E-state index contributed by atoms with van der Waals surface area (Å²) in [5.41, 5.74) is -1.85. The Labute approximate surface area is 617 Å². The van der Waals surface area contributed by atoms with Crippen LogP contribution in [0.2, 0.25) is 0 Å². The van der Waals surface area contributed by atoms with Crippen molar-refractivity contribution in [2.75, 3.05) is 13.7 Å². The fourth-order valence-corrected chi connectivity index (χ4v) is 17.3. The van der Waals surface area contributed by atoms with Gasteiger partial charge in [-0.1, -0.05) is 206 Å². The fourth-order valence-electron chi connectivity index (χ4n) is 17.3. The molecule has 18 heteroatoms. The van der Waals surface area contributed by atoms with E-state index in [2.05, 4.69) is 13.8 Å². The monoisotopic (exact) mass is 1440 g/mol. The van der Waals surface area contributed by atoms with Gasteiger partial charge in [-0.05, 0) is 143 Å². The second-order valence-corrected chi connectivity index (χ2v) is 33.7. The lowest BCUT2D eigenvalue weighted by atomic mass is 9.70. The van der Waals surface area contributed by atoms with Gasteiger partial charge in [0.05, 0.1) is 49.5 Å². The number of carbonyl (C=O) groups is 6. The van der Waals surface area contributed by atoms with Gasteiger partial charge in [-0.15, -0.1) is 0 Å². The van der Waals surface area contributed by atoms with Crippen LogP contribution in [-0.2, 0) is 71.4 Å². The summed E-state index contributed by atoms with van der Waals surface area (Å²) in [4.78, 5) is 81.0. The van der Waals surface area contributed by atoms with Crippen LogP contribution < -0.4 is 0 Å². The average Bonchev–Trinajstić information content (AvgIpc) is 1.72. The van der Waals surface area contributed by atoms with Crippen molar-refractivity contribution in [3.63, 3.8) is 0 Å². The minimum atomic E-state index is -2.50. The molecule has 0 radical (unpaired) electrons. The molecule has 19 atom stereocenters. The molecule has 4 aliphatic heterocycles. The zero-order chi connectivity index (χ0) is 74.2. The van der Waals surface area contributed by atoms with E-state index in [9.17, 15) is 44.1 Å². The third-order valence-corrected chi connectivity index (χ3v) is 24.4. The second-order valence-electron chi connectivity index (χ2n) is 33.7. The van der Waals surface area contributed by atoms with Crippen molar-refractivity contribution in [2.45, 2.75) is 366 Å². The second kappa shape index (κ2) is 41.0. The molecule has 8 aliphatic rings. The van der Waals surface area contributed by atoms with E-state index in [1.807, 2.05) is 13.0 Å². The minimum Gasteiger partial charge on any atom is -0.466 e. The summed E-state index contributed by atoms with van der Waals surface area (Å²) in [7, 11) is 1.20. The maximum absolute atomic E-state index is 14.5. The number of aliphatic hydroxyl groups excluding tert-OH is 1. The zero-order valence-corrected chi connectivity index (χ0v) is 64.6. The maximum Gasteiger partial charge on any atom is 0.331 e. The number of esters is 5. The van der Waals surface area contributed by atoms with Crippen molar-refractivity contribution >= 4 is 36.3 Å². The Bertz CT molecular complexity index is 2840. The number of hydrogen-bond acceptors (Lipinski definition) is 18. The van der Waals surface area contributed by atoms with Crippen LogP contribution in [0.3, 0.4) is 0 Å². The Morgan fingerprint density at radius 2 is 1.21 bits per heavy atom. The van der Waals surface area contributed by atoms with Crippen LogP contribution in [0.15, 0.2) is 59.8 Å². The van der Waals surface area contributed by atoms with E-state index < -0.39 is 114 Å². The number of ether oxygens (including phenoxy) is 9. The molecule has 0 aromatic rings. The first-order valence-corrected chi connectivity index (χ1v) is 40.9. The van der Waals surface area contributed by atoms with E-state index in [4.69, 9.17) is 42.6 Å². The van der Waals surface area contributed by atoms with Gasteiger partial charge in [0.2, 0.25) is 5.79 Å². The van der Waals surface area contributed by atoms with E-state index in [1.165, 1.54) is 135 Å². The highest BCUT2D eigenvalue weighted by molar-refractivity contribution is 5.84. The lowest BCUT2D eigenvalue weighted by molar-refractivity contribution is -0.349. The van der Waals surface area contributed by atoms with Gasteiger partial charge in [0.25, 0.3) is 6.47 Å². The van der Waals surface area contributed by atoms with Gasteiger partial charge in [-0.25, -0.2) is 9.59 Å². The molecule has 0 spiro atoms. The summed E-state index contributed by atoms with van der Waals surface area (Å²) in [5, 5.41) is 38.7. The summed E-state index contributed by atoms with van der Waals surface area (Å²) in [6.07, 6.45) is 35.8. The number of aliphatic hydroxyl groups is 3. The van der Waals surface area contributed by atoms with Crippen molar-refractivity contribution in [1.29, 1.82) is 0 Å². The van der Waals surface area contributed by atoms with E-state index in [1.54, 1.807) is 58.9 Å². The molecular weight excluding hydrogens is 1310 g/mol. The molecule has 4 aliphatic carbocycles. The number of allylic oxidation sites excluding steroid dienone is 3. The molecule has 0 aromatic carbocycles. The van der Waals surface area contributed by atoms with Gasteiger partial charge < -0.3 is 58.0 Å². The van der Waals surface area contributed by atoms with Crippen LogP contribution in [-0.4, -0.2) is 132 Å². The molecule has 9 unspecified atom stereocenters. The van der Waals surface area contributed by atoms with Gasteiger partial charge >= 0.3 is 29.8 Å². The SMILES string of the molecule is CCC/C=C/C=C/C(=O)O[C@H]1/C(=C/C(=O)OC)C[C@H]2C[C@H](C(C)OC(=O)CCCCCCCC3CC3CC3CC3CCCCC)OC(=O)C[C@H](O)C[C@@H]3C[C@H](OC(=O)CCCCCCCC4CC4CC4CC4CCCCC)C(C)(C)[C@](O)(C[C@@H]4C/C(=C/COC=O)C[C@H](/C=C/C(C)(C)[C@]1(O)O2)O4)O3. The largest absolute Gasteiger partial charge is 0.466 e. The highest BCUT2D eigenvalue weighted by Gasteiger charge is 2.60. The van der Waals surface area contributed by atoms with Crippen molar-refractivity contribution in [1.82, 2.24) is 0 Å².